The van der Waals surface area contributed by atoms with Gasteiger partial charge >= 0.3 is 0 Å². The van der Waals surface area contributed by atoms with Gasteiger partial charge in [-0.15, -0.1) is 0 Å². The van der Waals surface area contributed by atoms with Gasteiger partial charge in [0.1, 0.15) is 11.5 Å². The van der Waals surface area contributed by atoms with Gasteiger partial charge in [0.15, 0.2) is 0 Å². The van der Waals surface area contributed by atoms with Gasteiger partial charge in [0.2, 0.25) is 5.91 Å². The van der Waals surface area contributed by atoms with E-state index < -0.39 is 0 Å². The number of rotatable bonds is 5. The van der Waals surface area contributed by atoms with Crippen molar-refractivity contribution in [3.8, 4) is 11.5 Å². The lowest BCUT2D eigenvalue weighted by Crippen LogP contribution is -2.61. The third-order valence-electron chi connectivity index (χ3n) is 5.52. The molecule has 2 aliphatic rings. The summed E-state index contributed by atoms with van der Waals surface area (Å²) in [7, 11) is 3.36. The summed E-state index contributed by atoms with van der Waals surface area (Å²) < 4.78 is 10.8. The lowest BCUT2D eigenvalue weighted by molar-refractivity contribution is -0.120. The Morgan fingerprint density at radius 1 is 1.21 bits per heavy atom. The zero-order chi connectivity index (χ0) is 17.2. The first-order chi connectivity index (χ1) is 11.6. The molecule has 2 saturated heterocycles. The Labute approximate surface area is 144 Å². The van der Waals surface area contributed by atoms with Crippen molar-refractivity contribution in [3.63, 3.8) is 0 Å². The molecular formula is C19H28N2O3. The maximum Gasteiger partial charge on any atom is 0.220 e. The van der Waals surface area contributed by atoms with Crippen LogP contribution in [0.1, 0.15) is 44.6 Å². The number of nitrogens with one attached hydrogen (secondary N) is 1. The van der Waals surface area contributed by atoms with E-state index in [2.05, 4.69) is 29.3 Å². The molecule has 0 bridgehead atoms. The molecule has 2 aliphatic heterocycles. The minimum Gasteiger partial charge on any atom is -0.497 e. The monoisotopic (exact) mass is 332 g/mol. The summed E-state index contributed by atoms with van der Waals surface area (Å²) in [6, 6.07) is 6.43. The molecule has 24 heavy (non-hydrogen) atoms. The Balaban J connectivity index is 1.82. The Hall–Kier alpha value is -1.75. The second-order valence-electron chi connectivity index (χ2n) is 6.92. The molecule has 2 heterocycles. The lowest BCUT2D eigenvalue weighted by Gasteiger charge is -2.48. The molecule has 132 valence electrons. The van der Waals surface area contributed by atoms with Crippen LogP contribution in [0.2, 0.25) is 0 Å². The number of carbonyl (C=O) groups is 1. The van der Waals surface area contributed by atoms with Crippen LogP contribution in [0, 0.1) is 0 Å². The molecule has 0 unspecified atom stereocenters. The number of ether oxygens (including phenoxy) is 2. The van der Waals surface area contributed by atoms with Gasteiger partial charge in [0.25, 0.3) is 0 Å². The minimum absolute atomic E-state index is 0.0347. The molecule has 0 saturated carbocycles. The highest BCUT2D eigenvalue weighted by atomic mass is 16.5. The quantitative estimate of drug-likeness (QED) is 0.901. The van der Waals surface area contributed by atoms with Crippen molar-refractivity contribution in [3.05, 3.63) is 23.8 Å². The predicted octanol–water partition coefficient (Wildman–Crippen LogP) is 2.73. The fourth-order valence-electron chi connectivity index (χ4n) is 4.48. The first kappa shape index (κ1) is 17.1. The largest absolute Gasteiger partial charge is 0.497 e. The second-order valence-corrected chi connectivity index (χ2v) is 6.92. The number of benzene rings is 1. The standard InChI is InChI=1S/C19H28N2O3/c1-4-17-19(8-6-18(22)20-19)7-5-9-21(17)13-14-10-15(23-2)12-16(11-14)24-3/h10-12,17H,4-9,13H2,1-3H3,(H,20,22)/t17-,19-/m0/s1. The normalized spacial score (nSPS) is 27.3. The number of hydrogen-bond donors (Lipinski definition) is 1. The molecule has 0 aromatic heterocycles. The molecule has 0 radical (unpaired) electrons. The Kier molecular flexibility index (Phi) is 4.99. The average Bonchev–Trinajstić information content (AvgIpc) is 2.95. The van der Waals surface area contributed by atoms with Crippen LogP contribution in [0.25, 0.3) is 0 Å². The number of piperidine rings is 1. The van der Waals surface area contributed by atoms with Crippen molar-refractivity contribution in [2.75, 3.05) is 20.8 Å². The van der Waals surface area contributed by atoms with Gasteiger partial charge in [-0.2, -0.15) is 0 Å². The molecule has 5 heteroatoms. The molecule has 3 rings (SSSR count). The zero-order valence-electron chi connectivity index (χ0n) is 14.9. The summed E-state index contributed by atoms with van der Waals surface area (Å²) in [6.45, 7) is 4.14. The third-order valence-corrected chi connectivity index (χ3v) is 5.52. The summed E-state index contributed by atoms with van der Waals surface area (Å²) in [6.07, 6.45) is 4.88. The molecule has 0 aliphatic carbocycles. The SMILES string of the molecule is CC[C@@H]1N(Cc2cc(OC)cc(OC)c2)CCC[C@]12CCC(=O)N2. The van der Waals surface area contributed by atoms with Crippen LogP contribution in [-0.2, 0) is 11.3 Å². The maximum absolute atomic E-state index is 11.8. The fourth-order valence-corrected chi connectivity index (χ4v) is 4.48. The van der Waals surface area contributed by atoms with Crippen molar-refractivity contribution in [2.24, 2.45) is 0 Å². The van der Waals surface area contributed by atoms with E-state index in [4.69, 9.17) is 9.47 Å². The number of amides is 1. The van der Waals surface area contributed by atoms with E-state index in [9.17, 15) is 4.79 Å². The van der Waals surface area contributed by atoms with Crippen LogP contribution in [0.5, 0.6) is 11.5 Å². The van der Waals surface area contributed by atoms with Gasteiger partial charge in [-0.1, -0.05) is 6.92 Å². The third kappa shape index (κ3) is 3.22. The molecule has 2 fully saturated rings. The van der Waals surface area contributed by atoms with Crippen molar-refractivity contribution in [1.82, 2.24) is 10.2 Å². The van der Waals surface area contributed by atoms with E-state index in [0.717, 1.165) is 50.3 Å². The molecule has 1 aromatic carbocycles. The lowest BCUT2D eigenvalue weighted by atomic mass is 9.78. The van der Waals surface area contributed by atoms with E-state index in [1.807, 2.05) is 6.07 Å². The summed E-state index contributed by atoms with van der Waals surface area (Å²) in [5.74, 6) is 1.84. The summed E-state index contributed by atoms with van der Waals surface area (Å²) in [4.78, 5) is 14.4. The zero-order valence-corrected chi connectivity index (χ0v) is 14.9. The highest BCUT2D eigenvalue weighted by Gasteiger charge is 2.47. The van der Waals surface area contributed by atoms with E-state index in [0.29, 0.717) is 12.5 Å². The van der Waals surface area contributed by atoms with Crippen LogP contribution in [0.15, 0.2) is 18.2 Å². The number of hydrogen-bond acceptors (Lipinski definition) is 4. The van der Waals surface area contributed by atoms with Gasteiger partial charge in [0, 0.05) is 25.1 Å². The first-order valence-electron chi connectivity index (χ1n) is 8.87. The van der Waals surface area contributed by atoms with E-state index >= 15 is 0 Å². The summed E-state index contributed by atoms with van der Waals surface area (Å²) in [5.41, 5.74) is 1.15. The number of nitrogens with zero attached hydrogens (tertiary/aromatic N) is 1. The van der Waals surface area contributed by atoms with Crippen molar-refractivity contribution in [2.45, 2.75) is 57.2 Å². The molecule has 1 amide bonds. The Bertz CT molecular complexity index is 582. The van der Waals surface area contributed by atoms with Crippen LogP contribution in [0.3, 0.4) is 0 Å². The van der Waals surface area contributed by atoms with Crippen molar-refractivity contribution < 1.29 is 14.3 Å². The first-order valence-corrected chi connectivity index (χ1v) is 8.87. The van der Waals surface area contributed by atoms with Crippen LogP contribution < -0.4 is 14.8 Å². The molecule has 1 aromatic rings. The van der Waals surface area contributed by atoms with E-state index in [-0.39, 0.29) is 11.4 Å². The van der Waals surface area contributed by atoms with E-state index in [1.165, 1.54) is 5.56 Å². The highest BCUT2D eigenvalue weighted by molar-refractivity contribution is 5.79. The van der Waals surface area contributed by atoms with Crippen LogP contribution in [-0.4, -0.2) is 43.2 Å². The molecule has 1 N–H and O–H groups in total. The molecule has 2 atom stereocenters. The molecule has 1 spiro atoms. The second kappa shape index (κ2) is 7.01. The van der Waals surface area contributed by atoms with E-state index in [1.54, 1.807) is 14.2 Å². The highest BCUT2D eigenvalue weighted by Crippen LogP contribution is 2.38. The number of methoxy groups -OCH3 is 2. The van der Waals surface area contributed by atoms with Gasteiger partial charge in [0.05, 0.1) is 19.8 Å². The fraction of sp³-hybridized carbons (Fsp3) is 0.632. The van der Waals surface area contributed by atoms with Gasteiger partial charge in [-0.05, 0) is 49.9 Å². The number of carbonyl (C=O) groups excluding carboxylic acids is 1. The van der Waals surface area contributed by atoms with Crippen LogP contribution >= 0.6 is 0 Å². The molecule has 5 nitrogen and oxygen atoms in total. The van der Waals surface area contributed by atoms with Gasteiger partial charge in [-0.3, -0.25) is 9.69 Å². The van der Waals surface area contributed by atoms with Crippen molar-refractivity contribution >= 4 is 5.91 Å². The Morgan fingerprint density at radius 2 is 1.92 bits per heavy atom. The van der Waals surface area contributed by atoms with Crippen molar-refractivity contribution in [1.29, 1.82) is 0 Å². The van der Waals surface area contributed by atoms with Crippen LogP contribution in [0.4, 0.5) is 0 Å². The maximum atomic E-state index is 11.8. The number of likely N-dealkylation sites (tertiary alicyclic amines) is 1. The summed E-state index contributed by atoms with van der Waals surface area (Å²) in [5, 5.41) is 3.30. The smallest absolute Gasteiger partial charge is 0.220 e. The topological polar surface area (TPSA) is 50.8 Å². The summed E-state index contributed by atoms with van der Waals surface area (Å²) >= 11 is 0. The predicted molar refractivity (Wildman–Crippen MR) is 93.4 cm³/mol. The van der Waals surface area contributed by atoms with Gasteiger partial charge < -0.3 is 14.8 Å². The minimum atomic E-state index is -0.0347. The Morgan fingerprint density at radius 3 is 2.46 bits per heavy atom. The molecular weight excluding hydrogens is 304 g/mol. The van der Waals surface area contributed by atoms with Gasteiger partial charge in [-0.25, -0.2) is 0 Å². The average molecular weight is 332 g/mol.